The second-order valence-corrected chi connectivity index (χ2v) is 4.59. The summed E-state index contributed by atoms with van der Waals surface area (Å²) >= 11 is 1.85. The van der Waals surface area contributed by atoms with Crippen LogP contribution in [0.2, 0.25) is 0 Å². The molecule has 3 nitrogen and oxygen atoms in total. The zero-order valence-electron chi connectivity index (χ0n) is 10.1. The summed E-state index contributed by atoms with van der Waals surface area (Å²) in [7, 11) is 0. The summed E-state index contributed by atoms with van der Waals surface area (Å²) in [5, 5.41) is 3.14. The summed E-state index contributed by atoms with van der Waals surface area (Å²) in [6, 6.07) is 0. The number of thioether (sulfide) groups is 1. The van der Waals surface area contributed by atoms with Crippen LogP contribution >= 0.6 is 11.8 Å². The van der Waals surface area contributed by atoms with Crippen LogP contribution in [0.15, 0.2) is 4.99 Å². The molecule has 0 bridgehead atoms. The van der Waals surface area contributed by atoms with E-state index < -0.39 is 0 Å². The molecule has 0 aliphatic heterocycles. The van der Waals surface area contributed by atoms with Crippen LogP contribution in [0.3, 0.4) is 0 Å². The highest BCUT2D eigenvalue weighted by atomic mass is 32.2. The number of guanidine groups is 1. The number of rotatable bonds is 9. The van der Waals surface area contributed by atoms with Crippen molar-refractivity contribution in [3.8, 4) is 0 Å². The predicted octanol–water partition coefficient (Wildman–Crippen LogP) is 2.22. The van der Waals surface area contributed by atoms with E-state index in [1.165, 1.54) is 25.7 Å². The maximum atomic E-state index is 5.70. The van der Waals surface area contributed by atoms with Gasteiger partial charge in [0.25, 0.3) is 0 Å². The van der Waals surface area contributed by atoms with Crippen molar-refractivity contribution in [1.29, 1.82) is 0 Å². The van der Waals surface area contributed by atoms with Gasteiger partial charge >= 0.3 is 0 Å². The van der Waals surface area contributed by atoms with Gasteiger partial charge in [-0.25, -0.2) is 0 Å². The fourth-order valence-electron chi connectivity index (χ4n) is 1.23. The molecular weight excluding hydrogens is 206 g/mol. The monoisotopic (exact) mass is 231 g/mol. The molecule has 15 heavy (non-hydrogen) atoms. The average Bonchev–Trinajstić information content (AvgIpc) is 2.24. The van der Waals surface area contributed by atoms with Crippen molar-refractivity contribution in [2.24, 2.45) is 10.7 Å². The van der Waals surface area contributed by atoms with E-state index >= 15 is 0 Å². The zero-order valence-corrected chi connectivity index (χ0v) is 10.9. The van der Waals surface area contributed by atoms with Gasteiger partial charge in [-0.15, -0.1) is 0 Å². The molecule has 90 valence electrons. The first kappa shape index (κ1) is 14.6. The fourth-order valence-corrected chi connectivity index (χ4v) is 1.65. The highest BCUT2D eigenvalue weighted by Gasteiger charge is 1.91. The highest BCUT2D eigenvalue weighted by Crippen LogP contribution is 1.97. The smallest absolute Gasteiger partial charge is 0.188 e. The van der Waals surface area contributed by atoms with E-state index in [1.807, 2.05) is 11.8 Å². The second kappa shape index (κ2) is 11.7. The minimum atomic E-state index is 0.604. The topological polar surface area (TPSA) is 50.4 Å². The predicted molar refractivity (Wildman–Crippen MR) is 71.6 cm³/mol. The third kappa shape index (κ3) is 11.5. The van der Waals surface area contributed by atoms with Gasteiger partial charge in [0.15, 0.2) is 5.96 Å². The Morgan fingerprint density at radius 3 is 2.73 bits per heavy atom. The molecule has 0 saturated carbocycles. The minimum absolute atomic E-state index is 0.604. The molecule has 0 atom stereocenters. The largest absolute Gasteiger partial charge is 0.370 e. The van der Waals surface area contributed by atoms with Crippen molar-refractivity contribution in [1.82, 2.24) is 5.32 Å². The number of unbranched alkanes of at least 4 members (excludes halogenated alkanes) is 3. The summed E-state index contributed by atoms with van der Waals surface area (Å²) in [6.07, 6.45) is 8.28. The van der Waals surface area contributed by atoms with Crippen molar-refractivity contribution in [2.75, 3.05) is 25.1 Å². The molecule has 4 heteroatoms. The van der Waals surface area contributed by atoms with E-state index in [1.54, 1.807) is 0 Å². The number of aliphatic imine (C=N–C) groups is 1. The normalized spacial score (nSPS) is 11.7. The van der Waals surface area contributed by atoms with Crippen molar-refractivity contribution in [3.63, 3.8) is 0 Å². The lowest BCUT2D eigenvalue weighted by Crippen LogP contribution is -2.32. The second-order valence-electron chi connectivity index (χ2n) is 3.60. The van der Waals surface area contributed by atoms with Gasteiger partial charge in [0.05, 0.1) is 0 Å². The maximum Gasteiger partial charge on any atom is 0.188 e. The molecule has 0 aromatic rings. The van der Waals surface area contributed by atoms with Crippen LogP contribution in [0.1, 0.15) is 39.0 Å². The lowest BCUT2D eigenvalue weighted by Gasteiger charge is -2.04. The fraction of sp³-hybridized carbons (Fsp3) is 0.909. The number of nitrogens with zero attached hydrogens (tertiary/aromatic N) is 1. The molecule has 0 aromatic carbocycles. The summed E-state index contributed by atoms with van der Waals surface area (Å²) in [4.78, 5) is 4.25. The quantitative estimate of drug-likeness (QED) is 0.363. The Balaban J connectivity index is 3.26. The number of hydrogen-bond acceptors (Lipinski definition) is 2. The Morgan fingerprint density at radius 1 is 1.27 bits per heavy atom. The molecule has 0 aliphatic carbocycles. The number of nitrogens with two attached hydrogens (primary N) is 1. The highest BCUT2D eigenvalue weighted by molar-refractivity contribution is 7.98. The van der Waals surface area contributed by atoms with Gasteiger partial charge in [-0.2, -0.15) is 11.8 Å². The van der Waals surface area contributed by atoms with Crippen LogP contribution < -0.4 is 11.1 Å². The van der Waals surface area contributed by atoms with E-state index in [-0.39, 0.29) is 0 Å². The molecule has 0 heterocycles. The molecule has 0 fully saturated rings. The van der Waals surface area contributed by atoms with E-state index in [0.717, 1.165) is 25.3 Å². The van der Waals surface area contributed by atoms with Gasteiger partial charge in [0.2, 0.25) is 0 Å². The third-order valence-corrected chi connectivity index (χ3v) is 2.82. The first-order chi connectivity index (χ1) is 7.31. The van der Waals surface area contributed by atoms with Crippen LogP contribution in [0.5, 0.6) is 0 Å². The Hall–Kier alpha value is -0.380. The van der Waals surface area contributed by atoms with Gasteiger partial charge in [0, 0.05) is 13.1 Å². The number of hydrogen-bond donors (Lipinski definition) is 2. The van der Waals surface area contributed by atoms with Gasteiger partial charge in [-0.05, 0) is 24.9 Å². The van der Waals surface area contributed by atoms with E-state index in [4.69, 9.17) is 5.73 Å². The maximum absolute atomic E-state index is 5.70. The van der Waals surface area contributed by atoms with Crippen LogP contribution in [0, 0.1) is 0 Å². The lowest BCUT2D eigenvalue weighted by molar-refractivity contribution is 0.652. The molecule has 0 aromatic heterocycles. The van der Waals surface area contributed by atoms with E-state index in [0.29, 0.717) is 5.96 Å². The van der Waals surface area contributed by atoms with Crippen molar-refractivity contribution in [2.45, 2.75) is 39.0 Å². The molecule has 0 aliphatic rings. The molecule has 0 spiro atoms. The molecule has 0 saturated heterocycles. The van der Waals surface area contributed by atoms with Crippen LogP contribution in [0.4, 0.5) is 0 Å². The summed E-state index contributed by atoms with van der Waals surface area (Å²) in [6.45, 7) is 4.02. The first-order valence-corrected chi connectivity index (χ1v) is 7.23. The lowest BCUT2D eigenvalue weighted by atomic mass is 10.2. The van der Waals surface area contributed by atoms with Crippen LogP contribution in [-0.2, 0) is 0 Å². The van der Waals surface area contributed by atoms with Crippen molar-refractivity contribution in [3.05, 3.63) is 0 Å². The van der Waals surface area contributed by atoms with E-state index in [9.17, 15) is 0 Å². The summed E-state index contributed by atoms with van der Waals surface area (Å²) < 4.78 is 0. The van der Waals surface area contributed by atoms with Crippen LogP contribution in [-0.4, -0.2) is 31.1 Å². The molecular formula is C11H25N3S. The van der Waals surface area contributed by atoms with Crippen LogP contribution in [0.25, 0.3) is 0 Å². The van der Waals surface area contributed by atoms with Gasteiger partial charge in [-0.1, -0.05) is 26.2 Å². The van der Waals surface area contributed by atoms with Gasteiger partial charge in [0.1, 0.15) is 0 Å². The Morgan fingerprint density at radius 2 is 2.07 bits per heavy atom. The molecule has 0 unspecified atom stereocenters. The molecule has 0 rings (SSSR count). The molecule has 3 N–H and O–H groups in total. The average molecular weight is 231 g/mol. The Labute approximate surface area is 98.3 Å². The number of nitrogens with one attached hydrogen (secondary N) is 1. The summed E-state index contributed by atoms with van der Waals surface area (Å²) in [5.41, 5.74) is 5.70. The molecule has 0 radical (unpaired) electrons. The van der Waals surface area contributed by atoms with E-state index in [2.05, 4.69) is 23.5 Å². The standard InChI is InChI=1S/C11H25N3S/c1-3-4-5-6-8-13-11(12)14-9-7-10-15-2/h3-10H2,1-2H3,(H3,12,13,14). The van der Waals surface area contributed by atoms with Crippen molar-refractivity contribution >= 4 is 17.7 Å². The summed E-state index contributed by atoms with van der Waals surface area (Å²) in [5.74, 6) is 1.76. The first-order valence-electron chi connectivity index (χ1n) is 5.84. The Bertz CT molecular complexity index is 160. The SMILES string of the molecule is CCCCCCNC(N)=NCCCSC. The van der Waals surface area contributed by atoms with Crippen molar-refractivity contribution < 1.29 is 0 Å². The third-order valence-electron chi connectivity index (χ3n) is 2.13. The Kier molecular flexibility index (Phi) is 11.4. The van der Waals surface area contributed by atoms with Gasteiger partial charge < -0.3 is 11.1 Å². The van der Waals surface area contributed by atoms with Gasteiger partial charge in [-0.3, -0.25) is 4.99 Å². The minimum Gasteiger partial charge on any atom is -0.370 e. The molecule has 0 amide bonds. The zero-order chi connectivity index (χ0) is 11.4.